The standard InChI is InChI=1S/C30H32ClN7O2S/c1-17(39)33-30-35-24-12-11-22-26(19-5-4-14-32-16-19)36-38(27(22)28(24)41-30)25-13-6-18(15-23(25)31)29(40)34-20-7-9-21(10-8-20)37(2)3/h4-6,13-16,20-21H,7-12H2,1-3H3,(H,34,40)(H,33,35,39). The Hall–Kier alpha value is -3.60. The van der Waals surface area contributed by atoms with Gasteiger partial charge in [-0.3, -0.25) is 14.6 Å². The summed E-state index contributed by atoms with van der Waals surface area (Å²) in [5.74, 6) is -0.279. The second-order valence-corrected chi connectivity index (χ2v) is 12.3. The molecule has 6 rings (SSSR count). The van der Waals surface area contributed by atoms with Crippen LogP contribution in [0.5, 0.6) is 0 Å². The predicted molar refractivity (Wildman–Crippen MR) is 162 cm³/mol. The number of rotatable bonds is 6. The van der Waals surface area contributed by atoms with Gasteiger partial charge in [-0.05, 0) is 83.0 Å². The fraction of sp³-hybridized carbons (Fsp3) is 0.367. The van der Waals surface area contributed by atoms with Gasteiger partial charge in [0.05, 0.1) is 32.7 Å². The second-order valence-electron chi connectivity index (χ2n) is 10.9. The number of amides is 2. The first kappa shape index (κ1) is 27.6. The third-order valence-corrected chi connectivity index (χ3v) is 9.25. The van der Waals surface area contributed by atoms with Crippen molar-refractivity contribution in [1.29, 1.82) is 0 Å². The van der Waals surface area contributed by atoms with Crippen LogP contribution in [0.4, 0.5) is 5.13 Å². The van der Waals surface area contributed by atoms with E-state index in [4.69, 9.17) is 16.7 Å². The van der Waals surface area contributed by atoms with Crippen LogP contribution in [-0.2, 0) is 17.6 Å². The van der Waals surface area contributed by atoms with E-state index in [0.717, 1.165) is 71.6 Å². The third kappa shape index (κ3) is 5.51. The number of benzene rings is 1. The molecule has 0 unspecified atom stereocenters. The summed E-state index contributed by atoms with van der Waals surface area (Å²) in [4.78, 5) is 37.1. The van der Waals surface area contributed by atoms with Crippen molar-refractivity contribution in [3.05, 3.63) is 64.6 Å². The Morgan fingerprint density at radius 2 is 1.93 bits per heavy atom. The van der Waals surface area contributed by atoms with Crippen LogP contribution in [0.15, 0.2) is 42.7 Å². The molecule has 41 heavy (non-hydrogen) atoms. The molecule has 9 nitrogen and oxygen atoms in total. The first-order valence-electron chi connectivity index (χ1n) is 13.9. The second kappa shape index (κ2) is 11.3. The number of aryl methyl sites for hydroxylation is 1. The van der Waals surface area contributed by atoms with Gasteiger partial charge in [-0.2, -0.15) is 5.10 Å². The van der Waals surface area contributed by atoms with Crippen LogP contribution < -0.4 is 10.6 Å². The Morgan fingerprint density at radius 3 is 2.61 bits per heavy atom. The Morgan fingerprint density at radius 1 is 1.12 bits per heavy atom. The molecule has 2 aliphatic carbocycles. The molecular formula is C30H32ClN7O2S. The molecule has 0 saturated heterocycles. The summed E-state index contributed by atoms with van der Waals surface area (Å²) in [6.07, 6.45) is 9.10. The summed E-state index contributed by atoms with van der Waals surface area (Å²) in [6, 6.07) is 10.00. The first-order valence-corrected chi connectivity index (χ1v) is 15.0. The molecule has 2 amide bonds. The predicted octanol–water partition coefficient (Wildman–Crippen LogP) is 5.37. The minimum Gasteiger partial charge on any atom is -0.349 e. The lowest BCUT2D eigenvalue weighted by molar-refractivity contribution is -0.114. The molecule has 11 heteroatoms. The molecule has 0 atom stereocenters. The minimum absolute atomic E-state index is 0.116. The quantitative estimate of drug-likeness (QED) is 0.313. The molecule has 0 aliphatic heterocycles. The van der Waals surface area contributed by atoms with E-state index in [9.17, 15) is 9.59 Å². The van der Waals surface area contributed by atoms with Crippen LogP contribution in [0.1, 0.15) is 54.2 Å². The molecule has 0 bridgehead atoms. The number of pyridine rings is 1. The molecule has 4 aromatic rings. The van der Waals surface area contributed by atoms with Gasteiger partial charge in [-0.1, -0.05) is 22.9 Å². The molecule has 212 valence electrons. The van der Waals surface area contributed by atoms with Crippen LogP contribution in [0.3, 0.4) is 0 Å². The zero-order valence-corrected chi connectivity index (χ0v) is 24.8. The third-order valence-electron chi connectivity index (χ3n) is 7.93. The van der Waals surface area contributed by atoms with Gasteiger partial charge < -0.3 is 15.5 Å². The van der Waals surface area contributed by atoms with Gasteiger partial charge in [0.2, 0.25) is 5.91 Å². The van der Waals surface area contributed by atoms with Crippen molar-refractivity contribution in [3.8, 4) is 27.5 Å². The van der Waals surface area contributed by atoms with E-state index in [-0.39, 0.29) is 17.9 Å². The highest BCUT2D eigenvalue weighted by molar-refractivity contribution is 7.19. The van der Waals surface area contributed by atoms with Crippen LogP contribution in [0.2, 0.25) is 5.02 Å². The number of halogens is 1. The van der Waals surface area contributed by atoms with E-state index in [1.165, 1.54) is 18.3 Å². The molecule has 2 N–H and O–H groups in total. The van der Waals surface area contributed by atoms with Crippen molar-refractivity contribution in [2.75, 3.05) is 19.4 Å². The number of anilines is 1. The number of nitrogens with zero attached hydrogens (tertiary/aromatic N) is 5. The van der Waals surface area contributed by atoms with Gasteiger partial charge in [-0.15, -0.1) is 0 Å². The average molecular weight is 590 g/mol. The van der Waals surface area contributed by atoms with Gasteiger partial charge >= 0.3 is 0 Å². The smallest absolute Gasteiger partial charge is 0.251 e. The summed E-state index contributed by atoms with van der Waals surface area (Å²) in [5.41, 5.74) is 5.83. The largest absolute Gasteiger partial charge is 0.349 e. The highest BCUT2D eigenvalue weighted by atomic mass is 35.5. The summed E-state index contributed by atoms with van der Waals surface area (Å²) in [6.45, 7) is 1.48. The zero-order chi connectivity index (χ0) is 28.7. The van der Waals surface area contributed by atoms with Gasteiger partial charge in [-0.25, -0.2) is 9.67 Å². The zero-order valence-electron chi connectivity index (χ0n) is 23.3. The van der Waals surface area contributed by atoms with E-state index in [1.54, 1.807) is 24.5 Å². The number of carbonyl (C=O) groups is 2. The van der Waals surface area contributed by atoms with Crippen molar-refractivity contribution < 1.29 is 9.59 Å². The van der Waals surface area contributed by atoms with Crippen molar-refractivity contribution >= 4 is 39.9 Å². The number of hydrogen-bond donors (Lipinski definition) is 2. The molecular weight excluding hydrogens is 558 g/mol. The maximum atomic E-state index is 13.2. The first-order chi connectivity index (χ1) is 19.8. The monoisotopic (exact) mass is 589 g/mol. The number of carbonyl (C=O) groups excluding carboxylic acids is 2. The fourth-order valence-electron chi connectivity index (χ4n) is 5.81. The van der Waals surface area contributed by atoms with E-state index < -0.39 is 0 Å². The number of nitrogens with one attached hydrogen (secondary N) is 2. The van der Waals surface area contributed by atoms with Crippen molar-refractivity contribution in [2.24, 2.45) is 0 Å². The summed E-state index contributed by atoms with van der Waals surface area (Å²) >= 11 is 8.30. The minimum atomic E-state index is -0.163. The molecule has 3 heterocycles. The van der Waals surface area contributed by atoms with Crippen molar-refractivity contribution in [1.82, 2.24) is 30.0 Å². The molecule has 0 spiro atoms. The van der Waals surface area contributed by atoms with Crippen molar-refractivity contribution in [2.45, 2.75) is 57.5 Å². The highest BCUT2D eigenvalue weighted by Crippen LogP contribution is 2.44. The number of aromatic nitrogens is 4. The van der Waals surface area contributed by atoms with E-state index >= 15 is 0 Å². The lowest BCUT2D eigenvalue weighted by atomic mass is 9.90. The van der Waals surface area contributed by atoms with Crippen LogP contribution in [0, 0.1) is 0 Å². The summed E-state index contributed by atoms with van der Waals surface area (Å²) < 4.78 is 1.85. The maximum absolute atomic E-state index is 13.2. The van der Waals surface area contributed by atoms with E-state index in [1.807, 2.05) is 22.9 Å². The van der Waals surface area contributed by atoms with Crippen LogP contribution in [-0.4, -0.2) is 62.6 Å². The van der Waals surface area contributed by atoms with Gasteiger partial charge in [0.15, 0.2) is 5.13 Å². The Labute approximate surface area is 248 Å². The lowest BCUT2D eigenvalue weighted by Gasteiger charge is -2.33. The Kier molecular flexibility index (Phi) is 7.63. The Bertz CT molecular complexity index is 1610. The molecule has 1 saturated carbocycles. The number of fused-ring (bicyclic) bond motifs is 3. The van der Waals surface area contributed by atoms with Gasteiger partial charge in [0, 0.05) is 48.1 Å². The van der Waals surface area contributed by atoms with E-state index in [2.05, 4.69) is 39.6 Å². The molecule has 1 fully saturated rings. The topological polar surface area (TPSA) is 105 Å². The van der Waals surface area contributed by atoms with Crippen LogP contribution >= 0.6 is 22.9 Å². The molecule has 3 aromatic heterocycles. The molecule has 0 radical (unpaired) electrons. The maximum Gasteiger partial charge on any atom is 0.251 e. The normalized spacial score (nSPS) is 18.1. The summed E-state index contributed by atoms with van der Waals surface area (Å²) in [5, 5.41) is 12.0. The van der Waals surface area contributed by atoms with E-state index in [0.29, 0.717) is 27.4 Å². The van der Waals surface area contributed by atoms with Crippen molar-refractivity contribution in [3.63, 3.8) is 0 Å². The molecule has 2 aliphatic rings. The SMILES string of the molecule is CC(=O)Nc1nc2c(s1)-c1c(c(-c3cccnc3)nn1-c1ccc(C(=O)NC3CCC(N(C)C)CC3)cc1Cl)CC2. The molecule has 1 aromatic carbocycles. The average Bonchev–Trinajstić information content (AvgIpc) is 3.54. The fourth-order valence-corrected chi connectivity index (χ4v) is 7.18. The highest BCUT2D eigenvalue weighted by Gasteiger charge is 2.31. The van der Waals surface area contributed by atoms with Gasteiger partial charge in [0.1, 0.15) is 0 Å². The Balaban J connectivity index is 1.34. The number of thiazole rings is 1. The number of hydrogen-bond acceptors (Lipinski definition) is 7. The lowest BCUT2D eigenvalue weighted by Crippen LogP contribution is -2.41. The van der Waals surface area contributed by atoms with Gasteiger partial charge in [0.25, 0.3) is 5.91 Å². The summed E-state index contributed by atoms with van der Waals surface area (Å²) in [7, 11) is 4.22. The van der Waals surface area contributed by atoms with Crippen LogP contribution in [0.25, 0.3) is 27.5 Å².